The number of nitrogens with zero attached hydrogens (tertiary/aromatic N) is 3. The quantitative estimate of drug-likeness (QED) is 0.455. The summed E-state index contributed by atoms with van der Waals surface area (Å²) < 4.78 is 1.93. The Bertz CT molecular complexity index is 1100. The predicted octanol–water partition coefficient (Wildman–Crippen LogP) is 2.83. The van der Waals surface area contributed by atoms with E-state index in [9.17, 15) is 24.5 Å². The monoisotopic (exact) mass is 414 g/mol. The first-order valence-electron chi connectivity index (χ1n) is 8.58. The molecule has 3 rings (SSSR count). The molecule has 0 bridgehead atoms. The van der Waals surface area contributed by atoms with Crippen molar-refractivity contribution in [2.24, 2.45) is 5.73 Å². The fourth-order valence-corrected chi connectivity index (χ4v) is 4.07. The van der Waals surface area contributed by atoms with Gasteiger partial charge in [-0.25, -0.2) is 0 Å². The molecule has 3 amide bonds. The summed E-state index contributed by atoms with van der Waals surface area (Å²) in [4.78, 5) is 47.0. The number of benzene rings is 1. The van der Waals surface area contributed by atoms with Crippen LogP contribution in [0.3, 0.4) is 0 Å². The highest BCUT2D eigenvalue weighted by atomic mass is 32.2. The van der Waals surface area contributed by atoms with E-state index in [0.717, 1.165) is 44.9 Å². The molecule has 0 atom stereocenters. The van der Waals surface area contributed by atoms with Gasteiger partial charge in [0, 0.05) is 29.2 Å². The van der Waals surface area contributed by atoms with Crippen LogP contribution in [0.15, 0.2) is 29.2 Å². The van der Waals surface area contributed by atoms with E-state index in [1.807, 2.05) is 24.5 Å². The molecule has 1 saturated heterocycles. The van der Waals surface area contributed by atoms with Crippen molar-refractivity contribution in [2.45, 2.75) is 20.8 Å². The first kappa shape index (κ1) is 20.3. The van der Waals surface area contributed by atoms with Crippen LogP contribution in [0.1, 0.15) is 22.5 Å². The molecule has 1 fully saturated rings. The largest absolute Gasteiger partial charge is 0.368 e. The Morgan fingerprint density at radius 2 is 1.93 bits per heavy atom. The second-order valence-corrected chi connectivity index (χ2v) is 7.62. The molecule has 10 heteroatoms. The average Bonchev–Trinajstić information content (AvgIpc) is 3.05. The highest BCUT2D eigenvalue weighted by Crippen LogP contribution is 2.34. The molecule has 2 heterocycles. The third-order valence-electron chi connectivity index (χ3n) is 4.58. The molecule has 0 spiro atoms. The molecule has 9 nitrogen and oxygen atoms in total. The third kappa shape index (κ3) is 3.79. The van der Waals surface area contributed by atoms with E-state index in [4.69, 9.17) is 5.73 Å². The molecule has 0 unspecified atom stereocenters. The van der Waals surface area contributed by atoms with Gasteiger partial charge >= 0.3 is 0 Å². The van der Waals surface area contributed by atoms with Crippen LogP contribution in [0, 0.1) is 30.9 Å². The van der Waals surface area contributed by atoms with E-state index >= 15 is 0 Å². The molecule has 0 aliphatic carbocycles. The van der Waals surface area contributed by atoms with Crippen LogP contribution in [-0.4, -0.2) is 38.0 Å². The lowest BCUT2D eigenvalue weighted by atomic mass is 10.1. The molecule has 0 saturated carbocycles. The topological polar surface area (TPSA) is 129 Å². The average molecular weight is 414 g/mol. The fourth-order valence-electron chi connectivity index (χ4n) is 3.24. The van der Waals surface area contributed by atoms with Gasteiger partial charge in [0.15, 0.2) is 0 Å². The van der Waals surface area contributed by atoms with Gasteiger partial charge in [0.1, 0.15) is 6.54 Å². The van der Waals surface area contributed by atoms with Crippen molar-refractivity contribution in [3.05, 3.63) is 61.8 Å². The summed E-state index contributed by atoms with van der Waals surface area (Å²) in [6, 6.07) is 6.48. The summed E-state index contributed by atoms with van der Waals surface area (Å²) in [6.07, 6.45) is 1.60. The molecule has 1 aliphatic rings. The molecule has 2 aromatic rings. The molecule has 0 radical (unpaired) electrons. The zero-order valence-corrected chi connectivity index (χ0v) is 16.8. The van der Waals surface area contributed by atoms with E-state index in [1.54, 1.807) is 19.1 Å². The van der Waals surface area contributed by atoms with E-state index in [1.165, 1.54) is 12.1 Å². The molecule has 1 aromatic carbocycles. The smallest absolute Gasteiger partial charge is 0.294 e. The van der Waals surface area contributed by atoms with Crippen LogP contribution < -0.4 is 5.73 Å². The lowest BCUT2D eigenvalue weighted by Crippen LogP contribution is -2.36. The second kappa shape index (κ2) is 7.55. The Morgan fingerprint density at radius 1 is 1.24 bits per heavy atom. The van der Waals surface area contributed by atoms with E-state index in [0.29, 0.717) is 0 Å². The summed E-state index contributed by atoms with van der Waals surface area (Å²) in [5, 5.41) is 10.4. The number of carbonyl (C=O) groups is 3. The number of hydrogen-bond acceptors (Lipinski definition) is 6. The van der Waals surface area contributed by atoms with Crippen molar-refractivity contribution >= 4 is 40.6 Å². The molecule has 150 valence electrons. The Hall–Kier alpha value is -3.40. The maximum absolute atomic E-state index is 12.4. The van der Waals surface area contributed by atoms with Gasteiger partial charge in [-0.3, -0.25) is 29.4 Å². The minimum Gasteiger partial charge on any atom is -0.368 e. The maximum atomic E-state index is 12.4. The number of hydrogen-bond donors (Lipinski definition) is 1. The fraction of sp³-hybridized carbons (Fsp3) is 0.211. The van der Waals surface area contributed by atoms with Crippen molar-refractivity contribution < 1.29 is 19.3 Å². The lowest BCUT2D eigenvalue weighted by molar-refractivity contribution is -0.384. The Morgan fingerprint density at radius 3 is 2.52 bits per heavy atom. The minimum absolute atomic E-state index is 0.0112. The first-order valence-corrected chi connectivity index (χ1v) is 9.40. The van der Waals surface area contributed by atoms with Gasteiger partial charge in [-0.15, -0.1) is 0 Å². The van der Waals surface area contributed by atoms with Gasteiger partial charge in [0.2, 0.25) is 5.91 Å². The normalized spacial score (nSPS) is 15.4. The molecule has 2 N–H and O–H groups in total. The van der Waals surface area contributed by atoms with Gasteiger partial charge in [-0.2, -0.15) is 0 Å². The van der Waals surface area contributed by atoms with E-state index < -0.39 is 28.5 Å². The number of nitro benzene ring substituents is 1. The van der Waals surface area contributed by atoms with Gasteiger partial charge in [-0.1, -0.05) is 0 Å². The van der Waals surface area contributed by atoms with Gasteiger partial charge in [0.05, 0.1) is 9.83 Å². The van der Waals surface area contributed by atoms with Crippen molar-refractivity contribution in [1.82, 2.24) is 9.47 Å². The third-order valence-corrected chi connectivity index (χ3v) is 5.48. The number of nitrogens with two attached hydrogens (primary N) is 1. The number of amides is 3. The second-order valence-electron chi connectivity index (χ2n) is 6.62. The summed E-state index contributed by atoms with van der Waals surface area (Å²) in [6.45, 7) is 5.07. The van der Waals surface area contributed by atoms with Gasteiger partial charge in [0.25, 0.3) is 16.8 Å². The number of non-ortho nitro benzene ring substituents is 1. The standard InChI is InChI=1S/C19H18N4O5S/c1-10-6-14(23(27)28)4-5-15(10)22-11(2)7-13(12(22)3)8-16-18(25)21(9-17(20)24)19(26)29-16/h4-8H,9H2,1-3H3,(H2,20,24)/b16-8-. The van der Waals surface area contributed by atoms with Crippen molar-refractivity contribution in [1.29, 1.82) is 0 Å². The number of imide groups is 1. The first-order chi connectivity index (χ1) is 13.6. The molecular weight excluding hydrogens is 396 g/mol. The number of primary amides is 1. The minimum atomic E-state index is -0.764. The number of carbonyl (C=O) groups excluding carboxylic acids is 3. The number of rotatable bonds is 5. The molecule has 1 aliphatic heterocycles. The van der Waals surface area contributed by atoms with Crippen molar-refractivity contribution in [3.63, 3.8) is 0 Å². The zero-order chi connectivity index (χ0) is 21.5. The molecular formula is C19H18N4O5S. The molecule has 1 aromatic heterocycles. The van der Waals surface area contributed by atoms with Gasteiger partial charge < -0.3 is 10.3 Å². The number of aryl methyl sites for hydroxylation is 2. The van der Waals surface area contributed by atoms with E-state index in [2.05, 4.69) is 0 Å². The summed E-state index contributed by atoms with van der Waals surface area (Å²) in [5.41, 5.74) is 9.01. The Balaban J connectivity index is 2.00. The predicted molar refractivity (Wildman–Crippen MR) is 109 cm³/mol. The Labute approximate surface area is 170 Å². The lowest BCUT2D eigenvalue weighted by Gasteiger charge is -2.12. The highest BCUT2D eigenvalue weighted by molar-refractivity contribution is 8.18. The van der Waals surface area contributed by atoms with E-state index in [-0.39, 0.29) is 10.6 Å². The number of aromatic nitrogens is 1. The SMILES string of the molecule is Cc1cc([N+](=O)[O-])ccc1-n1c(C)cc(/C=C2\SC(=O)N(CC(N)=O)C2=O)c1C. The zero-order valence-electron chi connectivity index (χ0n) is 16.0. The number of thioether (sulfide) groups is 1. The van der Waals surface area contributed by atoms with Crippen LogP contribution >= 0.6 is 11.8 Å². The molecule has 29 heavy (non-hydrogen) atoms. The maximum Gasteiger partial charge on any atom is 0.294 e. The summed E-state index contributed by atoms with van der Waals surface area (Å²) >= 11 is 0.753. The van der Waals surface area contributed by atoms with Gasteiger partial charge in [-0.05, 0) is 61.9 Å². The van der Waals surface area contributed by atoms with Crippen LogP contribution in [-0.2, 0) is 9.59 Å². The van der Waals surface area contributed by atoms with Crippen LogP contribution in [0.2, 0.25) is 0 Å². The summed E-state index contributed by atoms with van der Waals surface area (Å²) in [7, 11) is 0. The van der Waals surface area contributed by atoms with Crippen molar-refractivity contribution in [2.75, 3.05) is 6.54 Å². The highest BCUT2D eigenvalue weighted by Gasteiger charge is 2.36. The van der Waals surface area contributed by atoms with Crippen LogP contribution in [0.4, 0.5) is 10.5 Å². The number of nitro groups is 1. The van der Waals surface area contributed by atoms with Crippen LogP contribution in [0.5, 0.6) is 0 Å². The summed E-state index contributed by atoms with van der Waals surface area (Å²) in [5.74, 6) is -1.32. The van der Waals surface area contributed by atoms with Crippen molar-refractivity contribution in [3.8, 4) is 5.69 Å². The van der Waals surface area contributed by atoms with Crippen LogP contribution in [0.25, 0.3) is 11.8 Å². The Kier molecular flexibility index (Phi) is 5.29.